The molecule has 1 unspecified atom stereocenters. The van der Waals surface area contributed by atoms with Gasteiger partial charge in [-0.25, -0.2) is 0 Å². The van der Waals surface area contributed by atoms with Crippen molar-refractivity contribution in [1.82, 2.24) is 4.90 Å². The Morgan fingerprint density at radius 1 is 1.38 bits per heavy atom. The smallest absolute Gasteiger partial charge is 0.288 e. The van der Waals surface area contributed by atoms with Crippen LogP contribution in [-0.4, -0.2) is 42.0 Å². The van der Waals surface area contributed by atoms with Gasteiger partial charge in [0.25, 0.3) is 5.69 Å². The number of nitrogens with zero attached hydrogens (tertiary/aromatic N) is 4. The van der Waals surface area contributed by atoms with Gasteiger partial charge in [0.1, 0.15) is 5.02 Å². The van der Waals surface area contributed by atoms with Crippen LogP contribution < -0.4 is 4.90 Å². The van der Waals surface area contributed by atoms with Crippen molar-refractivity contribution in [3.63, 3.8) is 0 Å². The Bertz CT molecular complexity index is 591. The number of benzene rings is 1. The number of nitriles is 1. The standard InChI is InChI=1S/C14H17ClN4O2/c1-10-7-14(19(20)21)12(15)8-13(10)18-5-3-17(4-6-18)11(2)9-16/h7-8,11H,3-6H2,1-2H3. The van der Waals surface area contributed by atoms with Crippen molar-refractivity contribution in [3.8, 4) is 6.07 Å². The lowest BCUT2D eigenvalue weighted by atomic mass is 10.1. The van der Waals surface area contributed by atoms with Gasteiger partial charge in [0, 0.05) is 37.9 Å². The molecular weight excluding hydrogens is 292 g/mol. The Morgan fingerprint density at radius 3 is 2.52 bits per heavy atom. The highest BCUT2D eigenvalue weighted by Gasteiger charge is 2.23. The van der Waals surface area contributed by atoms with Gasteiger partial charge in [0.15, 0.2) is 0 Å². The van der Waals surface area contributed by atoms with Gasteiger partial charge in [-0.05, 0) is 25.5 Å². The minimum Gasteiger partial charge on any atom is -0.369 e. The first-order valence-electron chi connectivity index (χ1n) is 6.77. The Morgan fingerprint density at radius 2 is 2.00 bits per heavy atom. The summed E-state index contributed by atoms with van der Waals surface area (Å²) in [4.78, 5) is 14.7. The minimum absolute atomic E-state index is 0.0605. The third-order valence-electron chi connectivity index (χ3n) is 3.85. The molecule has 0 aromatic heterocycles. The summed E-state index contributed by atoms with van der Waals surface area (Å²) in [6.07, 6.45) is 0. The Labute approximate surface area is 128 Å². The quantitative estimate of drug-likeness (QED) is 0.634. The highest BCUT2D eigenvalue weighted by Crippen LogP contribution is 2.33. The van der Waals surface area contributed by atoms with Gasteiger partial charge >= 0.3 is 0 Å². The van der Waals surface area contributed by atoms with Crippen molar-refractivity contribution in [3.05, 3.63) is 32.8 Å². The second kappa shape index (κ2) is 6.29. The van der Waals surface area contributed by atoms with Crippen LogP contribution in [0.15, 0.2) is 12.1 Å². The maximum absolute atomic E-state index is 10.9. The van der Waals surface area contributed by atoms with Crippen molar-refractivity contribution in [2.45, 2.75) is 19.9 Å². The van der Waals surface area contributed by atoms with Gasteiger partial charge in [-0.1, -0.05) is 11.6 Å². The molecule has 0 spiro atoms. The predicted molar refractivity (Wildman–Crippen MR) is 81.7 cm³/mol. The van der Waals surface area contributed by atoms with E-state index in [0.717, 1.165) is 37.4 Å². The number of anilines is 1. The summed E-state index contributed by atoms with van der Waals surface area (Å²) in [6, 6.07) is 5.33. The normalized spacial score (nSPS) is 17.3. The van der Waals surface area contributed by atoms with Gasteiger partial charge in [-0.3, -0.25) is 15.0 Å². The maximum atomic E-state index is 10.9. The van der Waals surface area contributed by atoms with Crippen molar-refractivity contribution in [2.75, 3.05) is 31.1 Å². The third-order valence-corrected chi connectivity index (χ3v) is 4.15. The lowest BCUT2D eigenvalue weighted by molar-refractivity contribution is -0.384. The first-order valence-corrected chi connectivity index (χ1v) is 7.15. The van der Waals surface area contributed by atoms with E-state index >= 15 is 0 Å². The molecule has 2 rings (SSSR count). The zero-order valence-electron chi connectivity index (χ0n) is 12.0. The van der Waals surface area contributed by atoms with Crippen LogP contribution in [0.1, 0.15) is 12.5 Å². The largest absolute Gasteiger partial charge is 0.369 e. The molecule has 1 atom stereocenters. The van der Waals surface area contributed by atoms with Crippen LogP contribution in [-0.2, 0) is 0 Å². The molecule has 0 aliphatic carbocycles. The summed E-state index contributed by atoms with van der Waals surface area (Å²) < 4.78 is 0. The molecule has 7 heteroatoms. The van der Waals surface area contributed by atoms with Crippen LogP contribution in [0.3, 0.4) is 0 Å². The molecule has 0 amide bonds. The summed E-state index contributed by atoms with van der Waals surface area (Å²) >= 11 is 6.00. The van der Waals surface area contributed by atoms with Gasteiger partial charge < -0.3 is 4.90 Å². The first-order chi connectivity index (χ1) is 9.93. The van der Waals surface area contributed by atoms with Crippen LogP contribution in [0.4, 0.5) is 11.4 Å². The summed E-state index contributed by atoms with van der Waals surface area (Å²) in [5, 5.41) is 20.0. The molecule has 1 heterocycles. The molecular formula is C14H17ClN4O2. The fourth-order valence-corrected chi connectivity index (χ4v) is 2.80. The topological polar surface area (TPSA) is 73.4 Å². The summed E-state index contributed by atoms with van der Waals surface area (Å²) in [5.74, 6) is 0. The lowest BCUT2D eigenvalue weighted by Gasteiger charge is -2.37. The molecule has 6 nitrogen and oxygen atoms in total. The van der Waals surface area contributed by atoms with E-state index in [1.165, 1.54) is 6.07 Å². The first kappa shape index (κ1) is 15.5. The van der Waals surface area contributed by atoms with Crippen molar-refractivity contribution < 1.29 is 4.92 Å². The van der Waals surface area contributed by atoms with Crippen LogP contribution in [0.25, 0.3) is 0 Å². The summed E-state index contributed by atoms with van der Waals surface area (Å²) in [6.45, 7) is 6.89. The van der Waals surface area contributed by atoms with Crippen molar-refractivity contribution >= 4 is 23.0 Å². The zero-order chi connectivity index (χ0) is 15.6. The van der Waals surface area contributed by atoms with Crippen molar-refractivity contribution in [1.29, 1.82) is 5.26 Å². The number of halogens is 1. The fraction of sp³-hybridized carbons (Fsp3) is 0.500. The molecule has 1 aliphatic rings. The molecule has 21 heavy (non-hydrogen) atoms. The highest BCUT2D eigenvalue weighted by molar-refractivity contribution is 6.33. The zero-order valence-corrected chi connectivity index (χ0v) is 12.8. The average molecular weight is 309 g/mol. The van der Waals surface area contributed by atoms with Crippen LogP contribution in [0.5, 0.6) is 0 Å². The van der Waals surface area contributed by atoms with E-state index in [0.29, 0.717) is 0 Å². The van der Waals surface area contributed by atoms with E-state index in [2.05, 4.69) is 15.9 Å². The summed E-state index contributed by atoms with van der Waals surface area (Å²) in [7, 11) is 0. The molecule has 1 aromatic carbocycles. The van der Waals surface area contributed by atoms with E-state index in [-0.39, 0.29) is 16.8 Å². The fourth-order valence-electron chi connectivity index (χ4n) is 2.57. The molecule has 112 valence electrons. The molecule has 1 saturated heterocycles. The van der Waals surface area contributed by atoms with E-state index in [1.807, 2.05) is 13.8 Å². The van der Waals surface area contributed by atoms with E-state index < -0.39 is 4.92 Å². The third kappa shape index (κ3) is 3.26. The molecule has 0 N–H and O–H groups in total. The van der Waals surface area contributed by atoms with Gasteiger partial charge in [-0.15, -0.1) is 0 Å². The van der Waals surface area contributed by atoms with Crippen LogP contribution in [0, 0.1) is 28.4 Å². The Hall–Kier alpha value is -1.84. The Balaban J connectivity index is 2.16. The summed E-state index contributed by atoms with van der Waals surface area (Å²) in [5.41, 5.74) is 1.71. The molecule has 0 radical (unpaired) electrons. The number of piperazine rings is 1. The van der Waals surface area contributed by atoms with E-state index in [1.54, 1.807) is 6.07 Å². The van der Waals surface area contributed by atoms with Gasteiger partial charge in [0.2, 0.25) is 0 Å². The molecule has 1 aromatic rings. The second-order valence-electron chi connectivity index (χ2n) is 5.18. The Kier molecular flexibility index (Phi) is 4.66. The second-order valence-corrected chi connectivity index (χ2v) is 5.58. The monoisotopic (exact) mass is 308 g/mol. The van der Waals surface area contributed by atoms with E-state index in [4.69, 9.17) is 16.9 Å². The number of rotatable bonds is 3. The number of hydrogen-bond acceptors (Lipinski definition) is 5. The van der Waals surface area contributed by atoms with Gasteiger partial charge in [-0.2, -0.15) is 5.26 Å². The molecule has 0 saturated carbocycles. The minimum atomic E-state index is -0.467. The number of nitro groups is 1. The highest BCUT2D eigenvalue weighted by atomic mass is 35.5. The predicted octanol–water partition coefficient (Wildman–Crippen LogP) is 2.59. The van der Waals surface area contributed by atoms with Gasteiger partial charge in [0.05, 0.1) is 17.0 Å². The number of nitro benzene ring substituents is 1. The lowest BCUT2D eigenvalue weighted by Crippen LogP contribution is -2.49. The van der Waals surface area contributed by atoms with Crippen LogP contribution >= 0.6 is 11.6 Å². The van der Waals surface area contributed by atoms with Crippen molar-refractivity contribution in [2.24, 2.45) is 0 Å². The number of hydrogen-bond donors (Lipinski definition) is 0. The SMILES string of the molecule is Cc1cc([N+](=O)[O-])c(Cl)cc1N1CCN(C(C)C#N)CC1. The number of aryl methyl sites for hydroxylation is 1. The molecule has 0 bridgehead atoms. The average Bonchev–Trinajstić information content (AvgIpc) is 2.48. The maximum Gasteiger partial charge on any atom is 0.288 e. The molecule has 1 fully saturated rings. The van der Waals surface area contributed by atoms with Crippen LogP contribution in [0.2, 0.25) is 5.02 Å². The molecule has 1 aliphatic heterocycles. The van der Waals surface area contributed by atoms with E-state index in [9.17, 15) is 10.1 Å².